The number of carbonyl (C=O) groups excluding carboxylic acids is 10. The van der Waals surface area contributed by atoms with Crippen LogP contribution in [0.3, 0.4) is 0 Å². The number of guanidine groups is 1. The van der Waals surface area contributed by atoms with Crippen LogP contribution in [0.15, 0.2) is 4.99 Å². The number of rotatable bonds is 42. The molecule has 10 amide bonds. The van der Waals surface area contributed by atoms with E-state index >= 15 is 0 Å². The lowest BCUT2D eigenvalue weighted by Crippen LogP contribution is -2.62. The topological polar surface area (TPSA) is 459 Å². The Hall–Kier alpha value is -6.19. The van der Waals surface area contributed by atoms with Crippen molar-refractivity contribution in [3.05, 3.63) is 0 Å². The van der Waals surface area contributed by atoms with Crippen LogP contribution in [0.1, 0.15) is 160 Å². The lowest BCUT2D eigenvalue weighted by atomic mass is 9.96. The Balaban J connectivity index is 7.07. The Morgan fingerprint density at radius 2 is 0.805 bits per heavy atom. The molecule has 0 saturated heterocycles. The summed E-state index contributed by atoms with van der Waals surface area (Å²) in [5, 5.41) is 32.4. The number of likely N-dealkylation sites (N-methyl/N-ethyl adjacent to an activating group) is 1. The third kappa shape index (κ3) is 29.7. The maximum absolute atomic E-state index is 14.5. The molecule has 11 atom stereocenters. The van der Waals surface area contributed by atoms with Crippen molar-refractivity contribution in [1.29, 1.82) is 0 Å². The van der Waals surface area contributed by atoms with E-state index in [2.05, 4.69) is 47.5 Å². The molecule has 0 aliphatic carbocycles. The summed E-state index contributed by atoms with van der Waals surface area (Å²) in [4.78, 5) is 143. The summed E-state index contributed by atoms with van der Waals surface area (Å²) in [6.07, 6.45) is 1.48. The molecule has 0 unspecified atom stereocenters. The molecule has 21 N–H and O–H groups in total. The van der Waals surface area contributed by atoms with E-state index in [1.54, 1.807) is 13.8 Å². The quantitative estimate of drug-likeness (QED) is 0.0180. The molecule has 472 valence electrons. The number of unbranched alkanes of at least 4 members (excludes halogenated alkanes) is 2. The summed E-state index contributed by atoms with van der Waals surface area (Å²) in [5.74, 6) is -8.38. The lowest BCUT2D eigenvalue weighted by Gasteiger charge is -2.31. The highest BCUT2D eigenvalue weighted by Gasteiger charge is 2.38. The molecule has 0 fully saturated rings. The van der Waals surface area contributed by atoms with Crippen molar-refractivity contribution in [2.24, 2.45) is 69.0 Å². The summed E-state index contributed by atoms with van der Waals surface area (Å²) < 4.78 is 0. The molecule has 0 saturated carbocycles. The minimum atomic E-state index is -1.63. The van der Waals surface area contributed by atoms with Gasteiger partial charge in [0.1, 0.15) is 54.4 Å². The van der Waals surface area contributed by atoms with Crippen LogP contribution in [-0.2, 0) is 47.9 Å². The number of amides is 10. The van der Waals surface area contributed by atoms with Crippen LogP contribution >= 0.6 is 0 Å². The Labute approximate surface area is 486 Å². The molecule has 0 radical (unpaired) electrons. The van der Waals surface area contributed by atoms with Gasteiger partial charge in [-0.3, -0.25) is 52.9 Å². The van der Waals surface area contributed by atoms with Gasteiger partial charge < -0.3 is 86.9 Å². The zero-order chi connectivity index (χ0) is 63.0. The number of nitrogens with two attached hydrogens (primary N) is 6. The summed E-state index contributed by atoms with van der Waals surface area (Å²) >= 11 is 0. The first-order chi connectivity index (χ1) is 38.3. The molecular formula is C55H106N16O11. The van der Waals surface area contributed by atoms with E-state index < -0.39 is 125 Å². The smallest absolute Gasteiger partial charge is 0.245 e. The molecule has 27 nitrogen and oxygen atoms in total. The Morgan fingerprint density at radius 1 is 0.451 bits per heavy atom. The van der Waals surface area contributed by atoms with Crippen LogP contribution in [0.5, 0.6) is 0 Å². The first-order valence-electron chi connectivity index (χ1n) is 29.2. The molecule has 0 bridgehead atoms. The van der Waals surface area contributed by atoms with E-state index in [0.717, 1.165) is 0 Å². The number of nitrogens with zero attached hydrogens (tertiary/aromatic N) is 2. The number of aliphatic imine (C=N–C) groups is 1. The van der Waals surface area contributed by atoms with E-state index in [1.165, 1.54) is 18.9 Å². The van der Waals surface area contributed by atoms with Crippen LogP contribution in [0.2, 0.25) is 0 Å². The third-order valence-electron chi connectivity index (χ3n) is 13.7. The lowest BCUT2D eigenvalue weighted by molar-refractivity contribution is -0.140. The van der Waals surface area contributed by atoms with Gasteiger partial charge in [0.05, 0.1) is 12.6 Å². The van der Waals surface area contributed by atoms with Gasteiger partial charge in [-0.2, -0.15) is 0 Å². The molecule has 0 aromatic carbocycles. The summed E-state index contributed by atoms with van der Waals surface area (Å²) in [7, 11) is 1.47. The van der Waals surface area contributed by atoms with Crippen LogP contribution in [0, 0.1) is 29.6 Å². The van der Waals surface area contributed by atoms with Gasteiger partial charge in [0, 0.05) is 13.6 Å². The average Bonchev–Trinajstić information content (AvgIpc) is 3.43. The molecule has 0 heterocycles. The van der Waals surface area contributed by atoms with Crippen molar-refractivity contribution in [2.75, 3.05) is 33.2 Å². The van der Waals surface area contributed by atoms with Crippen molar-refractivity contribution in [3.63, 3.8) is 0 Å². The van der Waals surface area contributed by atoms with Gasteiger partial charge in [-0.15, -0.1) is 0 Å². The van der Waals surface area contributed by atoms with E-state index in [4.69, 9.17) is 34.4 Å². The van der Waals surface area contributed by atoms with E-state index in [9.17, 15) is 53.1 Å². The molecule has 0 aromatic heterocycles. The van der Waals surface area contributed by atoms with Gasteiger partial charge in [-0.05, 0) is 127 Å². The highest BCUT2D eigenvalue weighted by atomic mass is 16.3. The van der Waals surface area contributed by atoms with Crippen LogP contribution in [-0.4, -0.2) is 169 Å². The van der Waals surface area contributed by atoms with Crippen molar-refractivity contribution in [1.82, 2.24) is 47.4 Å². The van der Waals surface area contributed by atoms with E-state index in [0.29, 0.717) is 32.1 Å². The predicted octanol–water partition coefficient (Wildman–Crippen LogP) is -1.94. The van der Waals surface area contributed by atoms with Crippen LogP contribution < -0.4 is 76.9 Å². The molecule has 0 rings (SSSR count). The number of hydrogen-bond donors (Lipinski definition) is 15. The first kappa shape index (κ1) is 75.8. The van der Waals surface area contributed by atoms with Crippen molar-refractivity contribution in [2.45, 2.75) is 220 Å². The molecule has 0 aromatic rings. The van der Waals surface area contributed by atoms with E-state index in [1.807, 2.05) is 55.4 Å². The second-order valence-corrected chi connectivity index (χ2v) is 23.1. The molecular weight excluding hydrogens is 1060 g/mol. The summed E-state index contributed by atoms with van der Waals surface area (Å²) in [6.45, 7) is 19.8. The van der Waals surface area contributed by atoms with Gasteiger partial charge in [0.15, 0.2) is 5.96 Å². The van der Waals surface area contributed by atoms with Crippen molar-refractivity contribution >= 4 is 65.0 Å². The molecule has 82 heavy (non-hydrogen) atoms. The van der Waals surface area contributed by atoms with E-state index in [-0.39, 0.29) is 107 Å². The van der Waals surface area contributed by atoms with Gasteiger partial charge in [-0.25, -0.2) is 0 Å². The maximum Gasteiger partial charge on any atom is 0.245 e. The second kappa shape index (κ2) is 40.1. The fraction of sp³-hybridized carbons (Fsp3) is 0.800. The Morgan fingerprint density at radius 3 is 1.20 bits per heavy atom. The zero-order valence-electron chi connectivity index (χ0n) is 51.1. The van der Waals surface area contributed by atoms with Crippen molar-refractivity contribution in [3.8, 4) is 0 Å². The minimum absolute atomic E-state index is 0.00533. The first-order valence-corrected chi connectivity index (χ1v) is 29.2. The fourth-order valence-electron chi connectivity index (χ4n) is 8.85. The number of hydrogen-bond acceptors (Lipinski definition) is 15. The minimum Gasteiger partial charge on any atom is -0.391 e. The monoisotopic (exact) mass is 1170 g/mol. The van der Waals surface area contributed by atoms with Gasteiger partial charge >= 0.3 is 0 Å². The third-order valence-corrected chi connectivity index (χ3v) is 13.7. The molecule has 0 aliphatic heterocycles. The number of carbonyl (C=O) groups is 10. The SMILES string of the molecule is CC[C@H](C)[C@H](NC(=O)[C@H](CCCN=C(N)N)NC(=O)[C@H](CCCCN)NC(=O)[C@H](CC(C)C)NC(=O)[C@H](CC(C)C)N(C)C(=O)CN)C(=O)N[C@@H](CCCCN)C(=O)N[C@H](C(=O)N[C@@H](CC(C)C)C(=O)N[C@@H](CC(C)C)C(N)=O)[C@@H](C)O. The van der Waals surface area contributed by atoms with Crippen LogP contribution in [0.4, 0.5) is 0 Å². The predicted molar refractivity (Wildman–Crippen MR) is 315 cm³/mol. The Bertz CT molecular complexity index is 2050. The largest absolute Gasteiger partial charge is 0.391 e. The van der Waals surface area contributed by atoms with Crippen LogP contribution in [0.25, 0.3) is 0 Å². The standard InChI is InChI=1S/C55H106N16O11/c1-13-34(10)44(53(81)65-37(20-15-17-23-57)49(77)70-45(35(11)72)54(82)68-41(27-32(6)7)51(79)66-39(46(59)74)25-30(2)3)69-48(76)38(21-18-24-62-55(60)61)63-47(75)36(19-14-16-22-56)64-50(78)40(26-31(4)5)67-52(80)42(28-33(8)9)71(12)43(73)29-58/h30-42,44-45,72H,13-29,56-58H2,1-12H3,(H2,59,74)(H,63,75)(H,64,78)(H,65,81)(H,66,79)(H,67,80)(H,68,82)(H,69,76)(H,70,77)(H4,60,61,62)/t34-,35+,36-,37-,38-,39-,40-,41-,42-,44-,45-/m0/s1. The summed E-state index contributed by atoms with van der Waals surface area (Å²) in [6, 6.07) is -11.2. The normalized spacial score (nSPS) is 15.5. The van der Waals surface area contributed by atoms with Gasteiger partial charge in [0.2, 0.25) is 59.1 Å². The highest BCUT2D eigenvalue weighted by molar-refractivity contribution is 5.98. The van der Waals surface area contributed by atoms with Gasteiger partial charge in [0.25, 0.3) is 0 Å². The number of aliphatic hydroxyl groups excluding tert-OH is 1. The maximum atomic E-state index is 14.5. The fourth-order valence-corrected chi connectivity index (χ4v) is 8.85. The van der Waals surface area contributed by atoms with Crippen molar-refractivity contribution < 1.29 is 53.1 Å². The number of primary amides is 1. The molecule has 0 spiro atoms. The number of nitrogens with one attached hydrogen (secondary N) is 8. The second-order valence-electron chi connectivity index (χ2n) is 23.1. The number of aliphatic hydroxyl groups is 1. The molecule has 27 heteroatoms. The van der Waals surface area contributed by atoms with Gasteiger partial charge in [-0.1, -0.05) is 75.7 Å². The zero-order valence-corrected chi connectivity index (χ0v) is 51.1. The molecule has 0 aliphatic rings. The average molecular weight is 1170 g/mol. The Kier molecular flexibility index (Phi) is 37.1. The summed E-state index contributed by atoms with van der Waals surface area (Å²) in [5.41, 5.74) is 33.9. The highest BCUT2D eigenvalue weighted by Crippen LogP contribution is 2.16.